The zero-order valence-electron chi connectivity index (χ0n) is 23.6. The first-order valence-electron chi connectivity index (χ1n) is 15.4. The topological polar surface area (TPSA) is 122 Å². The molecule has 0 aromatic heterocycles. The van der Waals surface area contributed by atoms with Gasteiger partial charge >= 0.3 is 5.97 Å². The number of hydrogen-bond acceptors (Lipinski definition) is 4. The van der Waals surface area contributed by atoms with Gasteiger partial charge in [0.1, 0.15) is 6.04 Å². The second-order valence-electron chi connectivity index (χ2n) is 13.4. The molecule has 5 N–H and O–H groups in total. The highest BCUT2D eigenvalue weighted by Gasteiger charge is 2.38. The summed E-state index contributed by atoms with van der Waals surface area (Å²) in [7, 11) is 0. The van der Waals surface area contributed by atoms with Gasteiger partial charge in [0.15, 0.2) is 0 Å². The lowest BCUT2D eigenvalue weighted by Gasteiger charge is -2.25. The van der Waals surface area contributed by atoms with Gasteiger partial charge in [-0.15, -0.1) is 0 Å². The Balaban J connectivity index is 1.19. The van der Waals surface area contributed by atoms with Crippen LogP contribution in [0.3, 0.4) is 0 Å². The van der Waals surface area contributed by atoms with Gasteiger partial charge in [-0.3, -0.25) is 14.9 Å². The van der Waals surface area contributed by atoms with Crippen LogP contribution in [0.15, 0.2) is 48.5 Å². The number of carbonyl (C=O) groups excluding carboxylic acids is 2. The molecule has 0 aliphatic heterocycles. The molecule has 7 heteroatoms. The number of carbonyl (C=O) groups is 3. The summed E-state index contributed by atoms with van der Waals surface area (Å²) < 4.78 is 0. The predicted octanol–water partition coefficient (Wildman–Crippen LogP) is 6.03. The number of hydrogen-bond donors (Lipinski definition) is 4. The molecule has 0 heterocycles. The molecule has 2 amide bonds. The van der Waals surface area contributed by atoms with Crippen LogP contribution in [0, 0.1) is 0 Å². The van der Waals surface area contributed by atoms with Crippen LogP contribution in [-0.2, 0) is 20.8 Å². The van der Waals surface area contributed by atoms with E-state index in [1.54, 1.807) is 0 Å². The van der Waals surface area contributed by atoms with Gasteiger partial charge in [-0.05, 0) is 138 Å². The number of nitrogens with two attached hydrogens (primary N) is 1. The monoisotopic (exact) mass is 583 g/mol. The third kappa shape index (κ3) is 2.29. The SMILES string of the molecule is NC(=O)C[C@H](NC(=O)CNC1c2ccc3cc4c5c6c(cc7ccc8cc9cc1c1c9c9c8c7c6c9c6c1c2c3c56)C4)C(=O)O. The Kier molecular flexibility index (Phi) is 3.52. The highest BCUT2D eigenvalue weighted by atomic mass is 16.4. The quantitative estimate of drug-likeness (QED) is 0.171. The van der Waals surface area contributed by atoms with Crippen LogP contribution >= 0.6 is 0 Å². The third-order valence-corrected chi connectivity index (χ3v) is 11.3. The molecule has 12 rings (SSSR count). The lowest BCUT2D eigenvalue weighted by Crippen LogP contribution is -2.46. The van der Waals surface area contributed by atoms with Crippen molar-refractivity contribution >= 4 is 115 Å². The molecule has 2 aliphatic carbocycles. The minimum absolute atomic E-state index is 0.113. The van der Waals surface area contributed by atoms with Gasteiger partial charge < -0.3 is 16.2 Å². The van der Waals surface area contributed by atoms with E-state index in [0.29, 0.717) is 0 Å². The van der Waals surface area contributed by atoms with E-state index < -0.39 is 30.2 Å². The zero-order chi connectivity index (χ0) is 29.8. The molecule has 212 valence electrons. The summed E-state index contributed by atoms with van der Waals surface area (Å²) >= 11 is 0. The summed E-state index contributed by atoms with van der Waals surface area (Å²) in [6.07, 6.45) is 0.486. The Morgan fingerprint density at radius 1 is 0.667 bits per heavy atom. The van der Waals surface area contributed by atoms with Gasteiger partial charge in [0.25, 0.3) is 0 Å². The number of carboxylic acids is 1. The molecular formula is C38H21N3O4. The molecule has 7 nitrogen and oxygen atoms in total. The van der Waals surface area contributed by atoms with Gasteiger partial charge in [0.05, 0.1) is 19.0 Å². The highest BCUT2D eigenvalue weighted by molar-refractivity contribution is 6.59. The van der Waals surface area contributed by atoms with Crippen LogP contribution in [0.1, 0.15) is 34.7 Å². The average Bonchev–Trinajstić information content (AvgIpc) is 3.75. The fourth-order valence-corrected chi connectivity index (χ4v) is 9.97. The van der Waals surface area contributed by atoms with E-state index in [1.165, 1.54) is 108 Å². The standard InChI is InChI=1S/C38H21N3O4/c39-21(42)10-20(38(44)45)41-22(43)11-40-37-18-4-3-14-6-16-8-15-5-12-1-2-13-7-17-9-19(37)30-28(17)32-24(13)23(12)31-26(15)27(16)33-25(14)29(18)34(30)36(33)35(31)32/h1-7,9,20,37,40H,8,10-11H2,(H2,39,42)(H,41,43)(H,44,45)/t20-,37?/m0/s1. The van der Waals surface area contributed by atoms with Crippen molar-refractivity contribution in [3.63, 3.8) is 0 Å². The van der Waals surface area contributed by atoms with E-state index in [1.807, 2.05) is 0 Å². The molecular weight excluding hydrogens is 562 g/mol. The largest absolute Gasteiger partial charge is 0.480 e. The van der Waals surface area contributed by atoms with Gasteiger partial charge in [0.2, 0.25) is 11.8 Å². The Morgan fingerprint density at radius 2 is 1.20 bits per heavy atom. The van der Waals surface area contributed by atoms with Crippen molar-refractivity contribution in [1.29, 1.82) is 0 Å². The van der Waals surface area contributed by atoms with Crippen LogP contribution < -0.4 is 16.4 Å². The maximum atomic E-state index is 13.1. The summed E-state index contributed by atoms with van der Waals surface area (Å²) in [5, 5.41) is 39.7. The van der Waals surface area contributed by atoms with Gasteiger partial charge in [-0.25, -0.2) is 4.79 Å². The summed E-state index contributed by atoms with van der Waals surface area (Å²) in [6, 6.07) is 16.8. The van der Waals surface area contributed by atoms with Crippen molar-refractivity contribution in [2.75, 3.05) is 6.54 Å². The minimum atomic E-state index is -1.37. The molecule has 0 spiro atoms. The van der Waals surface area contributed by atoms with Crippen LogP contribution in [0.5, 0.6) is 0 Å². The van der Waals surface area contributed by atoms with Crippen molar-refractivity contribution in [2.24, 2.45) is 5.73 Å². The lowest BCUT2D eigenvalue weighted by molar-refractivity contribution is -0.143. The van der Waals surface area contributed by atoms with Crippen LogP contribution in [0.25, 0.3) is 97.0 Å². The fourth-order valence-electron chi connectivity index (χ4n) is 9.97. The summed E-state index contributed by atoms with van der Waals surface area (Å²) in [4.78, 5) is 36.2. The van der Waals surface area contributed by atoms with Crippen molar-refractivity contribution in [2.45, 2.75) is 24.9 Å². The maximum absolute atomic E-state index is 13.1. The van der Waals surface area contributed by atoms with Crippen LogP contribution in [-0.4, -0.2) is 35.5 Å². The lowest BCUT2D eigenvalue weighted by atomic mass is 9.85. The van der Waals surface area contributed by atoms with Crippen LogP contribution in [0.2, 0.25) is 0 Å². The molecule has 2 aliphatic rings. The smallest absolute Gasteiger partial charge is 0.326 e. The zero-order valence-corrected chi connectivity index (χ0v) is 23.6. The second-order valence-corrected chi connectivity index (χ2v) is 13.4. The van der Waals surface area contributed by atoms with Crippen molar-refractivity contribution in [3.05, 3.63) is 70.8 Å². The predicted molar refractivity (Wildman–Crippen MR) is 177 cm³/mol. The number of primary amides is 1. The van der Waals surface area contributed by atoms with E-state index in [-0.39, 0.29) is 12.6 Å². The first kappa shape index (κ1) is 22.9. The molecule has 10 aromatic rings. The Bertz CT molecular complexity index is 3000. The average molecular weight is 584 g/mol. The van der Waals surface area contributed by atoms with Crippen LogP contribution in [0.4, 0.5) is 0 Å². The van der Waals surface area contributed by atoms with E-state index in [9.17, 15) is 19.5 Å². The van der Waals surface area contributed by atoms with Gasteiger partial charge in [-0.1, -0.05) is 36.4 Å². The number of benzene rings is 7. The normalized spacial score (nSPS) is 16.8. The number of aliphatic carboxylic acids is 1. The minimum Gasteiger partial charge on any atom is -0.480 e. The van der Waals surface area contributed by atoms with E-state index in [4.69, 9.17) is 5.73 Å². The Hall–Kier alpha value is -5.53. The summed E-state index contributed by atoms with van der Waals surface area (Å²) in [6.45, 7) is -0.113. The molecule has 0 saturated carbocycles. The van der Waals surface area contributed by atoms with Crippen molar-refractivity contribution < 1.29 is 19.5 Å². The second kappa shape index (κ2) is 6.90. The Morgan fingerprint density at radius 3 is 1.87 bits per heavy atom. The molecule has 0 radical (unpaired) electrons. The number of carboxylic acid groups (broad SMARTS) is 1. The van der Waals surface area contributed by atoms with E-state index in [0.717, 1.165) is 17.5 Å². The summed E-state index contributed by atoms with van der Waals surface area (Å²) in [5.74, 6) is -2.57. The molecule has 0 bridgehead atoms. The first-order chi connectivity index (χ1) is 21.9. The molecule has 2 atom stereocenters. The van der Waals surface area contributed by atoms with Crippen molar-refractivity contribution in [3.8, 4) is 0 Å². The summed E-state index contributed by atoms with van der Waals surface area (Å²) in [5.41, 5.74) is 10.3. The Labute approximate surface area is 252 Å². The molecule has 1 unspecified atom stereocenters. The fraction of sp³-hybridized carbons (Fsp3) is 0.132. The molecule has 0 fully saturated rings. The highest BCUT2D eigenvalue weighted by Crippen LogP contribution is 2.63. The van der Waals surface area contributed by atoms with E-state index in [2.05, 4.69) is 59.2 Å². The van der Waals surface area contributed by atoms with Gasteiger partial charge in [-0.2, -0.15) is 0 Å². The maximum Gasteiger partial charge on any atom is 0.326 e. The third-order valence-electron chi connectivity index (χ3n) is 11.3. The number of nitrogens with one attached hydrogen (secondary N) is 2. The number of rotatable bonds is 7. The van der Waals surface area contributed by atoms with Gasteiger partial charge in [0, 0.05) is 0 Å². The van der Waals surface area contributed by atoms with E-state index >= 15 is 0 Å². The van der Waals surface area contributed by atoms with Crippen molar-refractivity contribution in [1.82, 2.24) is 10.6 Å². The molecule has 45 heavy (non-hydrogen) atoms. The molecule has 10 aromatic carbocycles. The number of amides is 2. The molecule has 0 saturated heterocycles. The first-order valence-corrected chi connectivity index (χ1v) is 15.4.